The number of amides is 2. The maximum absolute atomic E-state index is 11.6. The molecular formula is C11H15N3O4S. The molecule has 2 amide bonds. The minimum Gasteiger partial charge on any atom is -0.379 e. The third-order valence-corrected chi connectivity index (χ3v) is 3.63. The van der Waals surface area contributed by atoms with Crippen molar-refractivity contribution in [1.82, 2.24) is 5.32 Å². The Labute approximate surface area is 111 Å². The molecule has 4 N–H and O–H groups in total. The lowest BCUT2D eigenvalue weighted by Gasteiger charge is -2.12. The summed E-state index contributed by atoms with van der Waals surface area (Å²) in [6.07, 6.45) is 0.789. The molecule has 0 spiro atoms. The van der Waals surface area contributed by atoms with E-state index in [4.69, 9.17) is 9.88 Å². The summed E-state index contributed by atoms with van der Waals surface area (Å²) in [4.78, 5) is 11.6. The van der Waals surface area contributed by atoms with Crippen molar-refractivity contribution >= 4 is 21.7 Å². The van der Waals surface area contributed by atoms with Crippen LogP contribution in [-0.2, 0) is 14.8 Å². The fourth-order valence-electron chi connectivity index (χ4n) is 1.73. The molecule has 0 radical (unpaired) electrons. The van der Waals surface area contributed by atoms with Crippen molar-refractivity contribution < 1.29 is 17.9 Å². The number of benzene rings is 1. The molecule has 1 fully saturated rings. The average Bonchev–Trinajstić information content (AvgIpc) is 2.81. The summed E-state index contributed by atoms with van der Waals surface area (Å²) in [5, 5.41) is 10.3. The van der Waals surface area contributed by atoms with E-state index in [9.17, 15) is 13.2 Å². The van der Waals surface area contributed by atoms with Gasteiger partial charge in [0.1, 0.15) is 0 Å². The number of urea groups is 1. The van der Waals surface area contributed by atoms with Gasteiger partial charge in [0.25, 0.3) is 0 Å². The van der Waals surface area contributed by atoms with Gasteiger partial charge in [-0.25, -0.2) is 18.4 Å². The summed E-state index contributed by atoms with van der Waals surface area (Å²) >= 11 is 0. The van der Waals surface area contributed by atoms with Crippen molar-refractivity contribution in [2.75, 3.05) is 18.5 Å². The molecule has 1 aliphatic heterocycles. The minimum atomic E-state index is -3.71. The van der Waals surface area contributed by atoms with Gasteiger partial charge in [0.05, 0.1) is 17.5 Å². The van der Waals surface area contributed by atoms with Gasteiger partial charge in [-0.1, -0.05) is 0 Å². The Hall–Kier alpha value is -1.64. The number of nitrogens with two attached hydrogens (primary N) is 1. The van der Waals surface area contributed by atoms with Crippen molar-refractivity contribution in [2.45, 2.75) is 17.4 Å². The molecule has 0 aromatic heterocycles. The molecule has 1 atom stereocenters. The highest BCUT2D eigenvalue weighted by molar-refractivity contribution is 7.89. The topological polar surface area (TPSA) is 111 Å². The number of sulfonamides is 1. The van der Waals surface area contributed by atoms with Crippen LogP contribution in [0.4, 0.5) is 10.5 Å². The van der Waals surface area contributed by atoms with Gasteiger partial charge in [-0.3, -0.25) is 0 Å². The van der Waals surface area contributed by atoms with Crippen LogP contribution in [0, 0.1) is 0 Å². The van der Waals surface area contributed by atoms with E-state index in [0.29, 0.717) is 18.9 Å². The van der Waals surface area contributed by atoms with Gasteiger partial charge in [-0.2, -0.15) is 0 Å². The molecule has 1 aromatic carbocycles. The summed E-state index contributed by atoms with van der Waals surface area (Å²) in [6.45, 7) is 1.16. The number of anilines is 1. The summed E-state index contributed by atoms with van der Waals surface area (Å²) in [5.41, 5.74) is 0.490. The molecule has 1 aliphatic rings. The van der Waals surface area contributed by atoms with E-state index < -0.39 is 10.0 Å². The summed E-state index contributed by atoms with van der Waals surface area (Å²) < 4.78 is 27.3. The molecule has 2 rings (SSSR count). The van der Waals surface area contributed by atoms with Gasteiger partial charge in [0.2, 0.25) is 10.0 Å². The number of hydrogen-bond acceptors (Lipinski definition) is 4. The standard InChI is InChI=1S/C11H15N3O4S/c12-19(16,17)10-3-1-8(2-4-10)13-11(15)14-9-5-6-18-7-9/h1-4,9H,5-7H2,(H2,12,16,17)(H2,13,14,15). The van der Waals surface area contributed by atoms with Crippen LogP contribution in [0.2, 0.25) is 0 Å². The second kappa shape index (κ2) is 5.55. The van der Waals surface area contributed by atoms with Crippen LogP contribution in [0.5, 0.6) is 0 Å². The first-order valence-electron chi connectivity index (χ1n) is 5.73. The fraction of sp³-hybridized carbons (Fsp3) is 0.364. The second-order valence-electron chi connectivity index (χ2n) is 4.23. The third-order valence-electron chi connectivity index (χ3n) is 2.71. The molecule has 0 aliphatic carbocycles. The summed E-state index contributed by atoms with van der Waals surface area (Å²) in [5.74, 6) is 0. The number of carbonyl (C=O) groups is 1. The van der Waals surface area contributed by atoms with Crippen LogP contribution in [0.15, 0.2) is 29.2 Å². The first-order chi connectivity index (χ1) is 8.95. The summed E-state index contributed by atoms with van der Waals surface area (Å²) in [7, 11) is -3.71. The molecule has 1 aromatic rings. The van der Waals surface area contributed by atoms with Crippen LogP contribution in [-0.4, -0.2) is 33.7 Å². The van der Waals surface area contributed by atoms with Crippen molar-refractivity contribution in [2.24, 2.45) is 5.14 Å². The highest BCUT2D eigenvalue weighted by Gasteiger charge is 2.17. The number of hydrogen-bond donors (Lipinski definition) is 3. The number of primary sulfonamides is 1. The van der Waals surface area contributed by atoms with Crippen molar-refractivity contribution in [1.29, 1.82) is 0 Å². The smallest absolute Gasteiger partial charge is 0.319 e. The van der Waals surface area contributed by atoms with Gasteiger partial charge < -0.3 is 15.4 Å². The lowest BCUT2D eigenvalue weighted by molar-refractivity contribution is 0.189. The molecule has 1 saturated heterocycles. The molecular weight excluding hydrogens is 270 g/mol. The first kappa shape index (κ1) is 13.8. The Morgan fingerprint density at radius 1 is 1.32 bits per heavy atom. The Bertz CT molecular complexity index is 550. The van der Waals surface area contributed by atoms with Gasteiger partial charge in [-0.05, 0) is 30.7 Å². The van der Waals surface area contributed by atoms with E-state index in [1.54, 1.807) is 0 Å². The normalized spacial score (nSPS) is 19.1. The van der Waals surface area contributed by atoms with Gasteiger partial charge in [0.15, 0.2) is 0 Å². The van der Waals surface area contributed by atoms with E-state index in [2.05, 4.69) is 10.6 Å². The molecule has 104 valence electrons. The van der Waals surface area contributed by atoms with Crippen LogP contribution in [0.1, 0.15) is 6.42 Å². The number of nitrogens with one attached hydrogen (secondary N) is 2. The van der Waals surface area contributed by atoms with E-state index in [-0.39, 0.29) is 17.0 Å². The van der Waals surface area contributed by atoms with E-state index in [1.165, 1.54) is 24.3 Å². The molecule has 1 heterocycles. The molecule has 7 nitrogen and oxygen atoms in total. The van der Waals surface area contributed by atoms with Crippen LogP contribution in [0.25, 0.3) is 0 Å². The monoisotopic (exact) mass is 285 g/mol. The lowest BCUT2D eigenvalue weighted by atomic mass is 10.3. The highest BCUT2D eigenvalue weighted by atomic mass is 32.2. The third kappa shape index (κ3) is 3.91. The van der Waals surface area contributed by atoms with Gasteiger partial charge in [0, 0.05) is 12.3 Å². The number of ether oxygens (including phenoxy) is 1. The van der Waals surface area contributed by atoms with E-state index >= 15 is 0 Å². The minimum absolute atomic E-state index is 0.00245. The molecule has 19 heavy (non-hydrogen) atoms. The zero-order chi connectivity index (χ0) is 13.9. The quantitative estimate of drug-likeness (QED) is 0.739. The lowest BCUT2D eigenvalue weighted by Crippen LogP contribution is -2.38. The zero-order valence-electron chi connectivity index (χ0n) is 10.1. The number of rotatable bonds is 3. The fourth-order valence-corrected chi connectivity index (χ4v) is 2.24. The Morgan fingerprint density at radius 3 is 2.53 bits per heavy atom. The van der Waals surface area contributed by atoms with Crippen molar-refractivity contribution in [3.63, 3.8) is 0 Å². The predicted molar refractivity (Wildman–Crippen MR) is 69.2 cm³/mol. The summed E-state index contributed by atoms with van der Waals surface area (Å²) in [6, 6.07) is 5.30. The van der Waals surface area contributed by atoms with E-state index in [1.807, 2.05) is 0 Å². The zero-order valence-corrected chi connectivity index (χ0v) is 10.9. The van der Waals surface area contributed by atoms with Crippen LogP contribution >= 0.6 is 0 Å². The SMILES string of the molecule is NS(=O)(=O)c1ccc(NC(=O)NC2CCOC2)cc1. The highest BCUT2D eigenvalue weighted by Crippen LogP contribution is 2.12. The van der Waals surface area contributed by atoms with Crippen LogP contribution < -0.4 is 15.8 Å². The molecule has 0 bridgehead atoms. The average molecular weight is 285 g/mol. The predicted octanol–water partition coefficient (Wildman–Crippen LogP) is 0.244. The van der Waals surface area contributed by atoms with Gasteiger partial charge in [-0.15, -0.1) is 0 Å². The van der Waals surface area contributed by atoms with Gasteiger partial charge >= 0.3 is 6.03 Å². The van der Waals surface area contributed by atoms with Crippen LogP contribution in [0.3, 0.4) is 0 Å². The first-order valence-corrected chi connectivity index (χ1v) is 7.28. The maximum Gasteiger partial charge on any atom is 0.319 e. The Morgan fingerprint density at radius 2 is 2.00 bits per heavy atom. The molecule has 8 heteroatoms. The Balaban J connectivity index is 1.93. The van der Waals surface area contributed by atoms with E-state index in [0.717, 1.165) is 6.42 Å². The van der Waals surface area contributed by atoms with Crippen molar-refractivity contribution in [3.8, 4) is 0 Å². The molecule has 0 saturated carbocycles. The second-order valence-corrected chi connectivity index (χ2v) is 5.79. The Kier molecular flexibility index (Phi) is 4.03. The van der Waals surface area contributed by atoms with Crippen molar-refractivity contribution in [3.05, 3.63) is 24.3 Å². The largest absolute Gasteiger partial charge is 0.379 e. The number of carbonyl (C=O) groups excluding carboxylic acids is 1. The molecule has 1 unspecified atom stereocenters. The maximum atomic E-state index is 11.6.